The van der Waals surface area contributed by atoms with E-state index in [9.17, 15) is 24.0 Å². The second-order valence-electron chi connectivity index (χ2n) is 8.34. The highest BCUT2D eigenvalue weighted by Crippen LogP contribution is 2.36. The first kappa shape index (κ1) is 28.0. The van der Waals surface area contributed by atoms with Crippen LogP contribution in [0.3, 0.4) is 0 Å². The predicted molar refractivity (Wildman–Crippen MR) is 122 cm³/mol. The maximum atomic E-state index is 13.1. The minimum absolute atomic E-state index is 0.0441. The van der Waals surface area contributed by atoms with Crippen LogP contribution in [0.15, 0.2) is 17.1 Å². The number of nitrogens with zero attached hydrogens (tertiary/aromatic N) is 2. The van der Waals surface area contributed by atoms with Crippen LogP contribution in [0.1, 0.15) is 72.4 Å². The Labute approximate surface area is 203 Å². The minimum Gasteiger partial charge on any atom is -0.455 e. The zero-order valence-corrected chi connectivity index (χ0v) is 20.4. The van der Waals surface area contributed by atoms with E-state index in [1.54, 1.807) is 0 Å². The number of Topliss-reactive ketones (excluding diaryl/α,β-unsaturated/α-hetero) is 1. The molecule has 2 heterocycles. The monoisotopic (exact) mass is 495 g/mol. The summed E-state index contributed by atoms with van der Waals surface area (Å²) in [6.07, 6.45) is -1.01. The highest BCUT2D eigenvalue weighted by molar-refractivity contribution is 5.86. The van der Waals surface area contributed by atoms with Gasteiger partial charge >= 0.3 is 23.6 Å². The molecule has 2 N–H and O–H groups in total. The van der Waals surface area contributed by atoms with E-state index in [1.807, 2.05) is 0 Å². The van der Waals surface area contributed by atoms with Crippen molar-refractivity contribution >= 4 is 29.5 Å². The number of carbonyl (C=O) groups is 4. The van der Waals surface area contributed by atoms with E-state index in [1.165, 1.54) is 12.3 Å². The summed E-state index contributed by atoms with van der Waals surface area (Å²) in [6.45, 7) is 5.46. The molecule has 1 aromatic heterocycles. The smallest absolute Gasteiger partial charge is 0.351 e. The maximum absolute atomic E-state index is 13.1. The molecule has 5 atom stereocenters. The zero-order chi connectivity index (χ0) is 26.1. The van der Waals surface area contributed by atoms with Crippen molar-refractivity contribution in [2.24, 2.45) is 0 Å². The number of nitrogens with two attached hydrogens (primary N) is 1. The van der Waals surface area contributed by atoms with E-state index in [2.05, 4.69) is 11.9 Å². The molecule has 2 rings (SSSR count). The van der Waals surface area contributed by atoms with Gasteiger partial charge in [-0.3, -0.25) is 23.7 Å². The molecular weight excluding hydrogens is 462 g/mol. The standard InChI is InChI=1S/C23H33N3O9/c1-5-6-7-8-9-10-16(30)18(32-13(2)27)19-20(33-14(3)28)21(34-15(4)29)22(35-19)26-12-11-17(24)25-23(26)31/h11-12,18-22H,5-10H2,1-4H3,(H2,24,25,31)/t18?,19-,20-,21-,22-/m1/s1. The van der Waals surface area contributed by atoms with Crippen molar-refractivity contribution in [3.63, 3.8) is 0 Å². The van der Waals surface area contributed by atoms with Gasteiger partial charge in [-0.25, -0.2) is 4.79 Å². The topological polar surface area (TPSA) is 166 Å². The summed E-state index contributed by atoms with van der Waals surface area (Å²) >= 11 is 0. The van der Waals surface area contributed by atoms with E-state index in [0.717, 1.165) is 51.0 Å². The summed E-state index contributed by atoms with van der Waals surface area (Å²) in [6, 6.07) is 1.33. The molecule has 0 spiro atoms. The number of nitrogen functional groups attached to an aromatic ring is 1. The third-order valence-corrected chi connectivity index (χ3v) is 5.39. The Bertz CT molecular complexity index is 977. The molecular formula is C23H33N3O9. The number of hydrogen-bond donors (Lipinski definition) is 1. The molecule has 1 aromatic rings. The number of aromatic nitrogens is 2. The van der Waals surface area contributed by atoms with Gasteiger partial charge < -0.3 is 24.7 Å². The number of ether oxygens (including phenoxy) is 4. The Kier molecular flexibility index (Phi) is 10.4. The maximum Gasteiger partial charge on any atom is 0.351 e. The first-order valence-corrected chi connectivity index (χ1v) is 11.6. The van der Waals surface area contributed by atoms with E-state index >= 15 is 0 Å². The normalized spacial score (nSPS) is 22.3. The van der Waals surface area contributed by atoms with E-state index in [4.69, 9.17) is 24.7 Å². The van der Waals surface area contributed by atoms with Crippen LogP contribution in [0.2, 0.25) is 0 Å². The number of hydrogen-bond acceptors (Lipinski definition) is 11. The van der Waals surface area contributed by atoms with Crippen molar-refractivity contribution in [3.8, 4) is 0 Å². The second-order valence-corrected chi connectivity index (χ2v) is 8.34. The summed E-state index contributed by atoms with van der Waals surface area (Å²) in [5, 5.41) is 0. The Morgan fingerprint density at radius 2 is 1.66 bits per heavy atom. The van der Waals surface area contributed by atoms with Gasteiger partial charge in [-0.15, -0.1) is 0 Å². The molecule has 194 valence electrons. The zero-order valence-electron chi connectivity index (χ0n) is 20.4. The fourth-order valence-corrected chi connectivity index (χ4v) is 3.93. The van der Waals surface area contributed by atoms with Gasteiger partial charge in [0.25, 0.3) is 0 Å². The lowest BCUT2D eigenvalue weighted by Crippen LogP contribution is -2.48. The van der Waals surface area contributed by atoms with Crippen LogP contribution in [0, 0.1) is 0 Å². The largest absolute Gasteiger partial charge is 0.455 e. The van der Waals surface area contributed by atoms with Crippen molar-refractivity contribution < 1.29 is 38.1 Å². The molecule has 1 saturated heterocycles. The third kappa shape index (κ3) is 7.88. The Balaban J connectivity index is 2.43. The van der Waals surface area contributed by atoms with Gasteiger partial charge in [0.05, 0.1) is 0 Å². The van der Waals surface area contributed by atoms with Gasteiger partial charge in [0, 0.05) is 33.4 Å². The fraction of sp³-hybridized carbons (Fsp3) is 0.652. The molecule has 35 heavy (non-hydrogen) atoms. The van der Waals surface area contributed by atoms with Crippen molar-refractivity contribution in [1.29, 1.82) is 0 Å². The Hall–Kier alpha value is -3.28. The van der Waals surface area contributed by atoms with Crippen LogP contribution in [0.25, 0.3) is 0 Å². The van der Waals surface area contributed by atoms with Gasteiger partial charge in [0.1, 0.15) is 11.9 Å². The minimum atomic E-state index is -1.46. The second kappa shape index (κ2) is 13.0. The molecule has 0 radical (unpaired) electrons. The van der Waals surface area contributed by atoms with E-state index < -0.39 is 60.0 Å². The van der Waals surface area contributed by atoms with Crippen molar-refractivity contribution in [3.05, 3.63) is 22.7 Å². The molecule has 0 saturated carbocycles. The number of rotatable bonds is 12. The molecule has 0 amide bonds. The van der Waals surface area contributed by atoms with Gasteiger partial charge in [-0.05, 0) is 12.5 Å². The van der Waals surface area contributed by atoms with E-state index in [0.29, 0.717) is 6.42 Å². The molecule has 1 aliphatic rings. The predicted octanol–water partition coefficient (Wildman–Crippen LogP) is 1.45. The Morgan fingerprint density at radius 1 is 1.03 bits per heavy atom. The first-order valence-electron chi connectivity index (χ1n) is 11.6. The van der Waals surface area contributed by atoms with Crippen LogP contribution in [0.4, 0.5) is 5.82 Å². The van der Waals surface area contributed by atoms with Gasteiger partial charge in [-0.2, -0.15) is 4.98 Å². The number of unbranched alkanes of at least 4 members (excludes halogenated alkanes) is 4. The molecule has 1 aliphatic heterocycles. The average Bonchev–Trinajstić information content (AvgIpc) is 3.08. The summed E-state index contributed by atoms with van der Waals surface area (Å²) in [7, 11) is 0. The molecule has 12 nitrogen and oxygen atoms in total. The van der Waals surface area contributed by atoms with Crippen LogP contribution in [-0.2, 0) is 38.1 Å². The SMILES string of the molecule is CCCCCCCC(=O)C(OC(C)=O)[C@H]1O[C@@H](n2ccc(N)nc2=O)[C@H](OC(C)=O)[C@@H]1OC(C)=O. The Morgan fingerprint density at radius 3 is 2.23 bits per heavy atom. The lowest BCUT2D eigenvalue weighted by Gasteiger charge is -2.27. The summed E-state index contributed by atoms with van der Waals surface area (Å²) in [4.78, 5) is 64.9. The molecule has 12 heteroatoms. The van der Waals surface area contributed by atoms with Crippen molar-refractivity contribution in [1.82, 2.24) is 9.55 Å². The third-order valence-electron chi connectivity index (χ3n) is 5.39. The van der Waals surface area contributed by atoms with Crippen molar-refractivity contribution in [2.45, 2.75) is 96.9 Å². The van der Waals surface area contributed by atoms with Crippen molar-refractivity contribution in [2.75, 3.05) is 5.73 Å². The van der Waals surface area contributed by atoms with Gasteiger partial charge in [0.2, 0.25) is 0 Å². The number of ketones is 1. The van der Waals surface area contributed by atoms with Gasteiger partial charge in [0.15, 0.2) is 30.3 Å². The number of esters is 3. The van der Waals surface area contributed by atoms with Crippen LogP contribution in [-0.4, -0.2) is 57.7 Å². The molecule has 1 fully saturated rings. The molecule has 0 aromatic carbocycles. The quantitative estimate of drug-likeness (QED) is 0.253. The average molecular weight is 496 g/mol. The van der Waals surface area contributed by atoms with E-state index in [-0.39, 0.29) is 12.2 Å². The molecule has 0 bridgehead atoms. The van der Waals surface area contributed by atoms with Crippen LogP contribution < -0.4 is 11.4 Å². The first-order chi connectivity index (χ1) is 16.5. The summed E-state index contributed by atoms with van der Waals surface area (Å²) in [5.74, 6) is -2.73. The van der Waals surface area contributed by atoms with Crippen LogP contribution in [0.5, 0.6) is 0 Å². The fourth-order valence-electron chi connectivity index (χ4n) is 3.93. The van der Waals surface area contributed by atoms with Gasteiger partial charge in [-0.1, -0.05) is 32.6 Å². The highest BCUT2D eigenvalue weighted by Gasteiger charge is 2.55. The lowest BCUT2D eigenvalue weighted by molar-refractivity contribution is -0.173. The molecule has 1 unspecified atom stereocenters. The van der Waals surface area contributed by atoms with Crippen LogP contribution >= 0.6 is 0 Å². The highest BCUT2D eigenvalue weighted by atomic mass is 16.7. The lowest BCUT2D eigenvalue weighted by atomic mass is 9.98. The molecule has 0 aliphatic carbocycles. The summed E-state index contributed by atoms with van der Waals surface area (Å²) < 4.78 is 23.0. The summed E-state index contributed by atoms with van der Waals surface area (Å²) in [5.41, 5.74) is 4.74. The number of anilines is 1. The number of carbonyl (C=O) groups excluding carboxylic acids is 4.